The van der Waals surface area contributed by atoms with E-state index in [0.29, 0.717) is 12.5 Å². The van der Waals surface area contributed by atoms with Gasteiger partial charge in [-0.2, -0.15) is 0 Å². The lowest BCUT2D eigenvalue weighted by Gasteiger charge is -2.30. The molecule has 104 valence electrons. The SMILES string of the molecule is CN1CC(NCc2cccc3cnccc23)CCC1=O. The summed E-state index contributed by atoms with van der Waals surface area (Å²) in [6.07, 6.45) is 5.30. The fourth-order valence-electron chi connectivity index (χ4n) is 2.78. The van der Waals surface area contributed by atoms with E-state index < -0.39 is 0 Å². The van der Waals surface area contributed by atoms with Crippen LogP contribution in [0.25, 0.3) is 10.8 Å². The summed E-state index contributed by atoms with van der Waals surface area (Å²) in [7, 11) is 1.87. The number of likely N-dealkylation sites (N-methyl/N-ethyl adjacent to an activating group) is 1. The third kappa shape index (κ3) is 2.65. The normalized spacial score (nSPS) is 19.6. The number of carbonyl (C=O) groups is 1. The molecule has 1 aliphatic heterocycles. The molecule has 0 radical (unpaired) electrons. The van der Waals surface area contributed by atoms with Crippen molar-refractivity contribution in [2.75, 3.05) is 13.6 Å². The third-order valence-electron chi connectivity index (χ3n) is 3.98. The van der Waals surface area contributed by atoms with Crippen LogP contribution in [0.4, 0.5) is 0 Å². The van der Waals surface area contributed by atoms with Crippen molar-refractivity contribution in [2.24, 2.45) is 0 Å². The van der Waals surface area contributed by atoms with Crippen molar-refractivity contribution < 1.29 is 4.79 Å². The van der Waals surface area contributed by atoms with Crippen LogP contribution in [0.2, 0.25) is 0 Å². The van der Waals surface area contributed by atoms with Gasteiger partial charge in [-0.05, 0) is 23.4 Å². The molecule has 1 aromatic carbocycles. The zero-order valence-electron chi connectivity index (χ0n) is 11.7. The van der Waals surface area contributed by atoms with Crippen LogP contribution in [0.1, 0.15) is 18.4 Å². The lowest BCUT2D eigenvalue weighted by Crippen LogP contribution is -2.46. The summed E-state index contributed by atoms with van der Waals surface area (Å²) in [4.78, 5) is 17.5. The predicted molar refractivity (Wildman–Crippen MR) is 79.2 cm³/mol. The second kappa shape index (κ2) is 5.59. The van der Waals surface area contributed by atoms with Crippen LogP contribution in [0.15, 0.2) is 36.7 Å². The average molecular weight is 269 g/mol. The molecule has 1 aromatic heterocycles. The fraction of sp³-hybridized carbons (Fsp3) is 0.375. The Morgan fingerprint density at radius 2 is 2.30 bits per heavy atom. The lowest BCUT2D eigenvalue weighted by molar-refractivity contribution is -0.132. The topological polar surface area (TPSA) is 45.2 Å². The second-order valence-electron chi connectivity index (χ2n) is 5.40. The minimum Gasteiger partial charge on any atom is -0.344 e. The quantitative estimate of drug-likeness (QED) is 0.926. The number of likely N-dealkylation sites (tertiary alicyclic amines) is 1. The van der Waals surface area contributed by atoms with E-state index in [2.05, 4.69) is 34.6 Å². The maximum Gasteiger partial charge on any atom is 0.222 e. The number of carbonyl (C=O) groups excluding carboxylic acids is 1. The van der Waals surface area contributed by atoms with Crippen molar-refractivity contribution in [3.8, 4) is 0 Å². The number of rotatable bonds is 3. The molecule has 2 aromatic rings. The maximum absolute atomic E-state index is 11.5. The number of fused-ring (bicyclic) bond motifs is 1. The van der Waals surface area contributed by atoms with Gasteiger partial charge in [-0.25, -0.2) is 0 Å². The van der Waals surface area contributed by atoms with Crippen LogP contribution in [-0.2, 0) is 11.3 Å². The molecule has 3 rings (SSSR count). The Bertz CT molecular complexity index is 621. The lowest BCUT2D eigenvalue weighted by atomic mass is 10.0. The summed E-state index contributed by atoms with van der Waals surface area (Å²) in [5.74, 6) is 0.249. The monoisotopic (exact) mass is 269 g/mol. The molecule has 2 heterocycles. The minimum atomic E-state index is 0.249. The second-order valence-corrected chi connectivity index (χ2v) is 5.40. The molecule has 1 fully saturated rings. The van der Waals surface area contributed by atoms with E-state index in [4.69, 9.17) is 0 Å². The molecule has 1 aliphatic rings. The Balaban J connectivity index is 1.70. The number of nitrogens with zero attached hydrogens (tertiary/aromatic N) is 2. The van der Waals surface area contributed by atoms with Crippen LogP contribution < -0.4 is 5.32 Å². The van der Waals surface area contributed by atoms with Crippen molar-refractivity contribution in [3.63, 3.8) is 0 Å². The molecule has 1 unspecified atom stereocenters. The van der Waals surface area contributed by atoms with Gasteiger partial charge in [0.05, 0.1) is 0 Å². The zero-order chi connectivity index (χ0) is 13.9. The van der Waals surface area contributed by atoms with E-state index in [9.17, 15) is 4.79 Å². The molecule has 0 saturated carbocycles. The zero-order valence-corrected chi connectivity index (χ0v) is 11.7. The summed E-state index contributed by atoms with van der Waals surface area (Å²) >= 11 is 0. The maximum atomic E-state index is 11.5. The van der Waals surface area contributed by atoms with Gasteiger partial charge in [-0.1, -0.05) is 18.2 Å². The van der Waals surface area contributed by atoms with Crippen molar-refractivity contribution in [3.05, 3.63) is 42.2 Å². The van der Waals surface area contributed by atoms with Crippen LogP contribution in [-0.4, -0.2) is 35.4 Å². The number of piperidine rings is 1. The van der Waals surface area contributed by atoms with Gasteiger partial charge in [-0.3, -0.25) is 9.78 Å². The summed E-state index contributed by atoms with van der Waals surface area (Å²) in [5, 5.41) is 5.98. The van der Waals surface area contributed by atoms with E-state index in [0.717, 1.165) is 19.5 Å². The van der Waals surface area contributed by atoms with Gasteiger partial charge >= 0.3 is 0 Å². The Labute approximate surface area is 118 Å². The molecule has 0 spiro atoms. The predicted octanol–water partition coefficient (Wildman–Crippen LogP) is 1.95. The summed E-state index contributed by atoms with van der Waals surface area (Å²) in [6.45, 7) is 1.62. The first-order chi connectivity index (χ1) is 9.74. The van der Waals surface area contributed by atoms with Gasteiger partial charge in [0.25, 0.3) is 0 Å². The standard InChI is InChI=1S/C16H19N3O/c1-19-11-14(5-6-16(19)20)18-10-13-4-2-3-12-9-17-8-7-15(12)13/h2-4,7-9,14,18H,5-6,10-11H2,1H3. The Kier molecular flexibility index (Phi) is 3.65. The number of nitrogens with one attached hydrogen (secondary N) is 1. The number of hydrogen-bond acceptors (Lipinski definition) is 3. The number of amides is 1. The van der Waals surface area contributed by atoms with Gasteiger partial charge in [0.15, 0.2) is 0 Å². The summed E-state index contributed by atoms with van der Waals surface area (Å²) in [5.41, 5.74) is 1.28. The molecule has 4 heteroatoms. The number of benzene rings is 1. The highest BCUT2D eigenvalue weighted by molar-refractivity contribution is 5.84. The molecular weight excluding hydrogens is 250 g/mol. The van der Waals surface area contributed by atoms with Gasteiger partial charge in [0, 0.05) is 50.4 Å². The first-order valence-electron chi connectivity index (χ1n) is 7.03. The van der Waals surface area contributed by atoms with Crippen molar-refractivity contribution in [1.29, 1.82) is 0 Å². The fourth-order valence-corrected chi connectivity index (χ4v) is 2.78. The molecular formula is C16H19N3O. The Morgan fingerprint density at radius 1 is 1.40 bits per heavy atom. The van der Waals surface area contributed by atoms with E-state index in [1.807, 2.05) is 24.3 Å². The first kappa shape index (κ1) is 13.1. The van der Waals surface area contributed by atoms with Crippen molar-refractivity contribution >= 4 is 16.7 Å². The minimum absolute atomic E-state index is 0.249. The highest BCUT2D eigenvalue weighted by Gasteiger charge is 2.22. The van der Waals surface area contributed by atoms with E-state index >= 15 is 0 Å². The van der Waals surface area contributed by atoms with E-state index in [1.165, 1.54) is 16.3 Å². The van der Waals surface area contributed by atoms with Crippen LogP contribution in [0, 0.1) is 0 Å². The first-order valence-corrected chi connectivity index (χ1v) is 7.03. The van der Waals surface area contributed by atoms with Crippen LogP contribution in [0.5, 0.6) is 0 Å². The van der Waals surface area contributed by atoms with Crippen molar-refractivity contribution in [1.82, 2.24) is 15.2 Å². The molecule has 20 heavy (non-hydrogen) atoms. The molecule has 1 atom stereocenters. The van der Waals surface area contributed by atoms with Gasteiger partial charge in [0.2, 0.25) is 5.91 Å². The molecule has 4 nitrogen and oxygen atoms in total. The Hall–Kier alpha value is -1.94. The van der Waals surface area contributed by atoms with Gasteiger partial charge in [-0.15, -0.1) is 0 Å². The molecule has 1 N–H and O–H groups in total. The molecule has 0 aliphatic carbocycles. The summed E-state index contributed by atoms with van der Waals surface area (Å²) < 4.78 is 0. The van der Waals surface area contributed by atoms with Gasteiger partial charge in [0.1, 0.15) is 0 Å². The Morgan fingerprint density at radius 3 is 3.15 bits per heavy atom. The van der Waals surface area contributed by atoms with Crippen LogP contribution in [0.3, 0.4) is 0 Å². The highest BCUT2D eigenvalue weighted by Crippen LogP contribution is 2.18. The van der Waals surface area contributed by atoms with Crippen LogP contribution >= 0.6 is 0 Å². The van der Waals surface area contributed by atoms with Crippen molar-refractivity contribution in [2.45, 2.75) is 25.4 Å². The highest BCUT2D eigenvalue weighted by atomic mass is 16.2. The largest absolute Gasteiger partial charge is 0.344 e. The third-order valence-corrected chi connectivity index (χ3v) is 3.98. The number of pyridine rings is 1. The van der Waals surface area contributed by atoms with E-state index in [-0.39, 0.29) is 5.91 Å². The number of hydrogen-bond donors (Lipinski definition) is 1. The average Bonchev–Trinajstić information content (AvgIpc) is 2.48. The van der Waals surface area contributed by atoms with Gasteiger partial charge < -0.3 is 10.2 Å². The summed E-state index contributed by atoms with van der Waals surface area (Å²) in [6, 6.07) is 8.74. The molecule has 1 amide bonds. The van der Waals surface area contributed by atoms with E-state index in [1.54, 1.807) is 0 Å². The molecule has 1 saturated heterocycles. The number of aromatic nitrogens is 1. The molecule has 0 bridgehead atoms. The smallest absolute Gasteiger partial charge is 0.222 e.